The topological polar surface area (TPSA) is 46.3 Å². The second kappa shape index (κ2) is 6.80. The summed E-state index contributed by atoms with van der Waals surface area (Å²) in [4.78, 5) is 14.4. The van der Waals surface area contributed by atoms with Gasteiger partial charge in [-0.25, -0.2) is 0 Å². The maximum Gasteiger partial charge on any atom is 0.256 e. The molecule has 0 saturated carbocycles. The van der Waals surface area contributed by atoms with E-state index in [1.165, 1.54) is 0 Å². The van der Waals surface area contributed by atoms with Crippen LogP contribution in [0.3, 0.4) is 0 Å². The molecule has 0 saturated heterocycles. The van der Waals surface area contributed by atoms with E-state index in [-0.39, 0.29) is 5.91 Å². The van der Waals surface area contributed by atoms with Crippen LogP contribution in [0.5, 0.6) is 0 Å². The molecule has 0 aliphatic carbocycles. The summed E-state index contributed by atoms with van der Waals surface area (Å²) in [6.45, 7) is 9.85. The van der Waals surface area contributed by atoms with Gasteiger partial charge in [0.05, 0.1) is 5.56 Å². The number of hydrogen-bond donors (Lipinski definition) is 1. The number of rotatable bonds is 5. The molecular weight excluding hydrogens is 260 g/mol. The molecule has 2 N–H and O–H groups in total. The molecule has 3 nitrogen and oxygen atoms in total. The molecule has 0 atom stereocenters. The Morgan fingerprint density at radius 1 is 1.21 bits per heavy atom. The monoisotopic (exact) mass is 282 g/mol. The number of nitrogens with two attached hydrogens (primary N) is 1. The molecule has 1 aromatic carbocycles. The minimum atomic E-state index is -0.0394. The van der Waals surface area contributed by atoms with Gasteiger partial charge in [0.15, 0.2) is 0 Å². The Balaban J connectivity index is 3.00. The van der Waals surface area contributed by atoms with Crippen LogP contribution in [0.25, 0.3) is 0 Å². The van der Waals surface area contributed by atoms with Gasteiger partial charge in [-0.15, -0.1) is 0 Å². The maximum absolute atomic E-state index is 12.6. The first-order valence-electron chi connectivity index (χ1n) is 6.65. The number of amides is 1. The Kier molecular flexibility index (Phi) is 5.67. The van der Waals surface area contributed by atoms with Crippen LogP contribution >= 0.6 is 11.6 Å². The van der Waals surface area contributed by atoms with Crippen LogP contribution in [0.2, 0.25) is 5.02 Å². The number of nitrogens with zero attached hydrogens (tertiary/aromatic N) is 1. The molecule has 0 radical (unpaired) electrons. The summed E-state index contributed by atoms with van der Waals surface area (Å²) in [5, 5.41) is 0.534. The first kappa shape index (κ1) is 15.8. The van der Waals surface area contributed by atoms with E-state index in [1.807, 2.05) is 4.90 Å². The van der Waals surface area contributed by atoms with E-state index in [2.05, 4.69) is 27.7 Å². The number of carbonyl (C=O) groups excluding carboxylic acids is 1. The lowest BCUT2D eigenvalue weighted by Crippen LogP contribution is -2.37. The zero-order valence-electron chi connectivity index (χ0n) is 12.1. The van der Waals surface area contributed by atoms with Gasteiger partial charge in [0.1, 0.15) is 0 Å². The van der Waals surface area contributed by atoms with Crippen molar-refractivity contribution in [3.8, 4) is 0 Å². The van der Waals surface area contributed by atoms with Gasteiger partial charge in [0.25, 0.3) is 5.91 Å². The molecule has 0 heterocycles. The first-order valence-corrected chi connectivity index (χ1v) is 7.03. The van der Waals surface area contributed by atoms with Gasteiger partial charge in [-0.05, 0) is 30.0 Å². The highest BCUT2D eigenvalue weighted by molar-refractivity contribution is 6.31. The molecule has 0 aromatic heterocycles. The summed E-state index contributed by atoms with van der Waals surface area (Å²) in [6.07, 6.45) is 0. The highest BCUT2D eigenvalue weighted by Crippen LogP contribution is 2.20. The molecule has 0 fully saturated rings. The number of nitrogen functional groups attached to an aromatic ring is 1. The summed E-state index contributed by atoms with van der Waals surface area (Å²) in [5.74, 6) is 0.800. The molecule has 1 aromatic rings. The first-order chi connectivity index (χ1) is 8.81. The van der Waals surface area contributed by atoms with Crippen LogP contribution in [0, 0.1) is 11.8 Å². The lowest BCUT2D eigenvalue weighted by molar-refractivity contribution is 0.0716. The van der Waals surface area contributed by atoms with Crippen molar-refractivity contribution in [3.63, 3.8) is 0 Å². The van der Waals surface area contributed by atoms with E-state index in [1.54, 1.807) is 18.2 Å². The number of benzene rings is 1. The fourth-order valence-corrected chi connectivity index (χ4v) is 2.18. The third kappa shape index (κ3) is 4.75. The summed E-state index contributed by atoms with van der Waals surface area (Å²) < 4.78 is 0. The van der Waals surface area contributed by atoms with Gasteiger partial charge in [0.2, 0.25) is 0 Å². The van der Waals surface area contributed by atoms with Crippen molar-refractivity contribution in [2.45, 2.75) is 27.7 Å². The van der Waals surface area contributed by atoms with Gasteiger partial charge in [0, 0.05) is 23.8 Å². The van der Waals surface area contributed by atoms with Crippen molar-refractivity contribution >= 4 is 23.2 Å². The van der Waals surface area contributed by atoms with Crippen molar-refractivity contribution < 1.29 is 4.79 Å². The van der Waals surface area contributed by atoms with E-state index in [0.29, 0.717) is 28.1 Å². The largest absolute Gasteiger partial charge is 0.398 e. The lowest BCUT2D eigenvalue weighted by atomic mass is 10.1. The van der Waals surface area contributed by atoms with E-state index in [4.69, 9.17) is 17.3 Å². The van der Waals surface area contributed by atoms with Gasteiger partial charge in [-0.3, -0.25) is 4.79 Å². The SMILES string of the molecule is CC(C)CN(CC(C)C)C(=O)c1cc(Cl)ccc1N. The van der Waals surface area contributed by atoms with Gasteiger partial charge in [-0.2, -0.15) is 0 Å². The van der Waals surface area contributed by atoms with E-state index in [0.717, 1.165) is 13.1 Å². The Hall–Kier alpha value is -1.22. The summed E-state index contributed by atoms with van der Waals surface area (Å²) in [5.41, 5.74) is 6.86. The van der Waals surface area contributed by atoms with Crippen LogP contribution in [0.1, 0.15) is 38.1 Å². The molecule has 0 bridgehead atoms. The molecular formula is C15H23ClN2O. The third-order valence-electron chi connectivity index (χ3n) is 2.70. The predicted octanol–water partition coefficient (Wildman–Crippen LogP) is 3.68. The van der Waals surface area contributed by atoms with E-state index in [9.17, 15) is 4.79 Å². The number of hydrogen-bond acceptors (Lipinski definition) is 2. The lowest BCUT2D eigenvalue weighted by Gasteiger charge is -2.27. The van der Waals surface area contributed by atoms with Crippen molar-refractivity contribution in [2.24, 2.45) is 11.8 Å². The quantitative estimate of drug-likeness (QED) is 0.838. The zero-order valence-corrected chi connectivity index (χ0v) is 12.9. The van der Waals surface area contributed by atoms with Crippen LogP contribution in [0.4, 0.5) is 5.69 Å². The average Bonchev–Trinajstić information content (AvgIpc) is 2.29. The Morgan fingerprint density at radius 3 is 2.21 bits per heavy atom. The molecule has 0 unspecified atom stereocenters. The zero-order chi connectivity index (χ0) is 14.6. The van der Waals surface area contributed by atoms with Crippen molar-refractivity contribution in [2.75, 3.05) is 18.8 Å². The molecule has 106 valence electrons. The minimum absolute atomic E-state index is 0.0394. The molecule has 1 amide bonds. The van der Waals surface area contributed by atoms with Crippen LogP contribution < -0.4 is 5.73 Å². The standard InChI is InChI=1S/C15H23ClN2O/c1-10(2)8-18(9-11(3)4)15(19)13-7-12(16)5-6-14(13)17/h5-7,10-11H,8-9,17H2,1-4H3. The molecule has 1 rings (SSSR count). The normalized spacial score (nSPS) is 11.1. The fourth-order valence-electron chi connectivity index (χ4n) is 2.01. The summed E-state index contributed by atoms with van der Waals surface area (Å²) in [7, 11) is 0. The van der Waals surface area contributed by atoms with Crippen molar-refractivity contribution in [1.82, 2.24) is 4.90 Å². The van der Waals surface area contributed by atoms with Crippen LogP contribution in [-0.2, 0) is 0 Å². The predicted molar refractivity (Wildman–Crippen MR) is 81.4 cm³/mol. The maximum atomic E-state index is 12.6. The number of anilines is 1. The second-order valence-electron chi connectivity index (χ2n) is 5.73. The number of carbonyl (C=O) groups is 1. The summed E-state index contributed by atoms with van der Waals surface area (Å²) >= 11 is 5.95. The van der Waals surface area contributed by atoms with Crippen LogP contribution in [-0.4, -0.2) is 23.9 Å². The molecule has 0 spiro atoms. The van der Waals surface area contributed by atoms with Crippen LogP contribution in [0.15, 0.2) is 18.2 Å². The highest BCUT2D eigenvalue weighted by atomic mass is 35.5. The molecule has 0 aliphatic rings. The van der Waals surface area contributed by atoms with Crippen molar-refractivity contribution in [3.05, 3.63) is 28.8 Å². The van der Waals surface area contributed by atoms with Gasteiger partial charge in [-0.1, -0.05) is 39.3 Å². The highest BCUT2D eigenvalue weighted by Gasteiger charge is 2.20. The number of halogens is 1. The summed E-state index contributed by atoms with van der Waals surface area (Å²) in [6, 6.07) is 5.02. The Bertz CT molecular complexity index is 434. The van der Waals surface area contributed by atoms with E-state index >= 15 is 0 Å². The van der Waals surface area contributed by atoms with Gasteiger partial charge >= 0.3 is 0 Å². The average molecular weight is 283 g/mol. The smallest absolute Gasteiger partial charge is 0.256 e. The Labute approximate surface area is 120 Å². The molecule has 4 heteroatoms. The molecule has 0 aliphatic heterocycles. The Morgan fingerprint density at radius 2 is 1.74 bits per heavy atom. The minimum Gasteiger partial charge on any atom is -0.398 e. The second-order valence-corrected chi connectivity index (χ2v) is 6.17. The van der Waals surface area contributed by atoms with Gasteiger partial charge < -0.3 is 10.6 Å². The fraction of sp³-hybridized carbons (Fsp3) is 0.533. The molecule has 19 heavy (non-hydrogen) atoms. The third-order valence-corrected chi connectivity index (χ3v) is 2.94. The van der Waals surface area contributed by atoms with Crippen molar-refractivity contribution in [1.29, 1.82) is 0 Å². The van der Waals surface area contributed by atoms with E-state index < -0.39 is 0 Å².